The molecule has 1 saturated heterocycles. The molecule has 0 aromatic heterocycles. The van der Waals surface area contributed by atoms with Crippen LogP contribution < -0.4 is 0 Å². The highest BCUT2D eigenvalue weighted by Crippen LogP contribution is 2.17. The van der Waals surface area contributed by atoms with Gasteiger partial charge in [-0.25, -0.2) is 17.6 Å². The van der Waals surface area contributed by atoms with Crippen LogP contribution in [0.5, 0.6) is 0 Å². The first-order chi connectivity index (χ1) is 13.0. The van der Waals surface area contributed by atoms with Gasteiger partial charge in [0.2, 0.25) is 10.0 Å². The summed E-state index contributed by atoms with van der Waals surface area (Å²) in [6.07, 6.45) is 0. The van der Waals surface area contributed by atoms with E-state index in [2.05, 4.69) is 0 Å². The highest BCUT2D eigenvalue weighted by Gasteiger charge is 2.28. The van der Waals surface area contributed by atoms with Gasteiger partial charge < -0.3 is 4.74 Å². The molecule has 0 unspecified atom stereocenters. The van der Waals surface area contributed by atoms with Crippen LogP contribution in [-0.2, 0) is 14.8 Å². The average molecular weight is 392 g/mol. The van der Waals surface area contributed by atoms with Gasteiger partial charge in [0, 0.05) is 32.7 Å². The molecule has 1 fully saturated rings. The number of rotatable bonds is 6. The first-order valence-corrected chi connectivity index (χ1v) is 10.1. The van der Waals surface area contributed by atoms with Crippen molar-refractivity contribution in [1.29, 1.82) is 0 Å². The van der Waals surface area contributed by atoms with Gasteiger partial charge in [-0.3, -0.25) is 4.90 Å². The standard InChI is InChI=1S/C19H21FN2O4S/c20-17-6-4-5-16(15-17)19(23)26-14-13-21-9-11-22(12-10-21)27(24,25)18-7-2-1-3-8-18/h1-8,15H,9-14H2. The molecule has 0 atom stereocenters. The first-order valence-electron chi connectivity index (χ1n) is 8.67. The lowest BCUT2D eigenvalue weighted by molar-refractivity contribution is 0.0444. The molecule has 6 nitrogen and oxygen atoms in total. The number of carbonyl (C=O) groups is 1. The summed E-state index contributed by atoms with van der Waals surface area (Å²) >= 11 is 0. The average Bonchev–Trinajstić information content (AvgIpc) is 2.69. The number of esters is 1. The van der Waals surface area contributed by atoms with E-state index in [-0.39, 0.29) is 12.2 Å². The topological polar surface area (TPSA) is 66.9 Å². The van der Waals surface area contributed by atoms with E-state index >= 15 is 0 Å². The number of piperazine rings is 1. The quantitative estimate of drug-likeness (QED) is 0.704. The zero-order valence-corrected chi connectivity index (χ0v) is 15.6. The van der Waals surface area contributed by atoms with Crippen molar-refractivity contribution < 1.29 is 22.3 Å². The Labute approximate surface area is 158 Å². The van der Waals surface area contributed by atoms with Crippen LogP contribution in [0.2, 0.25) is 0 Å². The molecule has 2 aromatic carbocycles. The Balaban J connectivity index is 1.45. The van der Waals surface area contributed by atoms with Crippen LogP contribution >= 0.6 is 0 Å². The van der Waals surface area contributed by atoms with E-state index in [1.165, 1.54) is 22.5 Å². The molecule has 2 aromatic rings. The molecule has 1 heterocycles. The minimum Gasteiger partial charge on any atom is -0.461 e. The molecule has 8 heteroatoms. The van der Waals surface area contributed by atoms with E-state index in [9.17, 15) is 17.6 Å². The van der Waals surface area contributed by atoms with E-state index in [1.807, 2.05) is 4.90 Å². The molecular weight excluding hydrogens is 371 g/mol. The van der Waals surface area contributed by atoms with Crippen molar-refractivity contribution >= 4 is 16.0 Å². The van der Waals surface area contributed by atoms with Crippen molar-refractivity contribution in [3.63, 3.8) is 0 Å². The molecule has 0 amide bonds. The first kappa shape index (κ1) is 19.5. The third kappa shape index (κ3) is 4.91. The monoisotopic (exact) mass is 392 g/mol. The summed E-state index contributed by atoms with van der Waals surface area (Å²) in [4.78, 5) is 14.2. The molecule has 3 rings (SSSR count). The van der Waals surface area contributed by atoms with Crippen molar-refractivity contribution in [2.45, 2.75) is 4.90 Å². The van der Waals surface area contributed by atoms with E-state index in [1.54, 1.807) is 30.3 Å². The predicted molar refractivity (Wildman–Crippen MR) is 98.3 cm³/mol. The summed E-state index contributed by atoms with van der Waals surface area (Å²) in [5, 5.41) is 0. The number of hydrogen-bond acceptors (Lipinski definition) is 5. The number of nitrogens with zero attached hydrogens (tertiary/aromatic N) is 2. The summed E-state index contributed by atoms with van der Waals surface area (Å²) < 4.78 is 44.9. The van der Waals surface area contributed by atoms with Crippen LogP contribution in [0, 0.1) is 5.82 Å². The molecule has 0 radical (unpaired) electrons. The van der Waals surface area contributed by atoms with Gasteiger partial charge in [-0.2, -0.15) is 4.31 Å². The summed E-state index contributed by atoms with van der Waals surface area (Å²) in [5.41, 5.74) is 0.175. The van der Waals surface area contributed by atoms with Crippen molar-refractivity contribution in [3.8, 4) is 0 Å². The second-order valence-electron chi connectivity index (χ2n) is 6.21. The highest BCUT2D eigenvalue weighted by atomic mass is 32.2. The highest BCUT2D eigenvalue weighted by molar-refractivity contribution is 7.89. The predicted octanol–water partition coefficient (Wildman–Crippen LogP) is 1.99. The maximum atomic E-state index is 13.1. The van der Waals surface area contributed by atoms with E-state index < -0.39 is 21.8 Å². The van der Waals surface area contributed by atoms with Crippen molar-refractivity contribution in [3.05, 3.63) is 66.0 Å². The zero-order chi connectivity index (χ0) is 19.3. The van der Waals surface area contributed by atoms with Crippen LogP contribution in [0.3, 0.4) is 0 Å². The van der Waals surface area contributed by atoms with Gasteiger partial charge in [0.1, 0.15) is 12.4 Å². The van der Waals surface area contributed by atoms with Gasteiger partial charge >= 0.3 is 5.97 Å². The maximum Gasteiger partial charge on any atom is 0.338 e. The second kappa shape index (κ2) is 8.60. The Morgan fingerprint density at radius 3 is 2.37 bits per heavy atom. The normalized spacial score (nSPS) is 16.2. The minimum atomic E-state index is -3.47. The number of sulfonamides is 1. The van der Waals surface area contributed by atoms with Crippen LogP contribution in [-0.4, -0.2) is 62.9 Å². The summed E-state index contributed by atoms with van der Waals surface area (Å²) in [6.45, 7) is 2.55. The molecule has 0 spiro atoms. The van der Waals surface area contributed by atoms with Gasteiger partial charge in [0.15, 0.2) is 0 Å². The van der Waals surface area contributed by atoms with Gasteiger partial charge in [0.25, 0.3) is 0 Å². The number of benzene rings is 2. The van der Waals surface area contributed by atoms with Crippen molar-refractivity contribution in [1.82, 2.24) is 9.21 Å². The van der Waals surface area contributed by atoms with E-state index in [0.29, 0.717) is 37.6 Å². The summed E-state index contributed by atoms with van der Waals surface area (Å²) in [7, 11) is -3.47. The SMILES string of the molecule is O=C(OCCN1CCN(S(=O)(=O)c2ccccc2)CC1)c1cccc(F)c1. The Morgan fingerprint density at radius 2 is 1.70 bits per heavy atom. The summed E-state index contributed by atoms with van der Waals surface area (Å²) in [6, 6.07) is 13.7. The largest absolute Gasteiger partial charge is 0.461 e. The molecule has 144 valence electrons. The molecule has 1 aliphatic heterocycles. The number of ether oxygens (including phenoxy) is 1. The Hall–Kier alpha value is -2.29. The van der Waals surface area contributed by atoms with Crippen LogP contribution in [0.1, 0.15) is 10.4 Å². The fraction of sp³-hybridized carbons (Fsp3) is 0.316. The lowest BCUT2D eigenvalue weighted by Crippen LogP contribution is -2.49. The van der Waals surface area contributed by atoms with Gasteiger partial charge in [-0.15, -0.1) is 0 Å². The fourth-order valence-electron chi connectivity index (χ4n) is 2.90. The smallest absolute Gasteiger partial charge is 0.338 e. The van der Waals surface area contributed by atoms with Gasteiger partial charge in [-0.05, 0) is 30.3 Å². The second-order valence-corrected chi connectivity index (χ2v) is 8.14. The molecular formula is C19H21FN2O4S. The molecule has 27 heavy (non-hydrogen) atoms. The molecule has 0 saturated carbocycles. The molecule has 0 bridgehead atoms. The Morgan fingerprint density at radius 1 is 1.00 bits per heavy atom. The minimum absolute atomic E-state index is 0.167. The van der Waals surface area contributed by atoms with E-state index in [0.717, 1.165) is 6.07 Å². The number of carbonyl (C=O) groups excluding carboxylic acids is 1. The number of halogens is 1. The molecule has 1 aliphatic rings. The third-order valence-electron chi connectivity index (χ3n) is 4.41. The lowest BCUT2D eigenvalue weighted by Gasteiger charge is -2.33. The van der Waals surface area contributed by atoms with Crippen LogP contribution in [0.25, 0.3) is 0 Å². The molecule has 0 N–H and O–H groups in total. The van der Waals surface area contributed by atoms with E-state index in [4.69, 9.17) is 4.74 Å². The Bertz CT molecular complexity index is 882. The molecule has 0 aliphatic carbocycles. The van der Waals surface area contributed by atoms with Gasteiger partial charge in [0.05, 0.1) is 10.5 Å². The third-order valence-corrected chi connectivity index (χ3v) is 6.33. The fourth-order valence-corrected chi connectivity index (χ4v) is 4.34. The maximum absolute atomic E-state index is 13.1. The van der Waals surface area contributed by atoms with Crippen LogP contribution in [0.15, 0.2) is 59.5 Å². The van der Waals surface area contributed by atoms with Crippen LogP contribution in [0.4, 0.5) is 4.39 Å². The van der Waals surface area contributed by atoms with Gasteiger partial charge in [-0.1, -0.05) is 24.3 Å². The zero-order valence-electron chi connectivity index (χ0n) is 14.8. The summed E-state index contributed by atoms with van der Waals surface area (Å²) in [5.74, 6) is -1.06. The lowest BCUT2D eigenvalue weighted by atomic mass is 10.2. The van der Waals surface area contributed by atoms with Crippen molar-refractivity contribution in [2.75, 3.05) is 39.3 Å². The Kier molecular flexibility index (Phi) is 6.20. The number of hydrogen-bond donors (Lipinski definition) is 0. The van der Waals surface area contributed by atoms with Crippen molar-refractivity contribution in [2.24, 2.45) is 0 Å².